The number of carbonyl (C=O) groups is 1. The van der Waals surface area contributed by atoms with Crippen LogP contribution >= 0.6 is 11.5 Å². The van der Waals surface area contributed by atoms with Gasteiger partial charge in [-0.3, -0.25) is 4.79 Å². The summed E-state index contributed by atoms with van der Waals surface area (Å²) in [4.78, 5) is 17.4. The third-order valence-corrected chi connectivity index (χ3v) is 4.77. The first kappa shape index (κ1) is 16.6. The Morgan fingerprint density at radius 3 is 3.00 bits per heavy atom. The van der Waals surface area contributed by atoms with E-state index >= 15 is 0 Å². The molecular weight excluding hydrogens is 352 g/mol. The molecule has 0 radical (unpaired) electrons. The zero-order valence-corrected chi connectivity index (χ0v) is 14.8. The Morgan fingerprint density at radius 2 is 2.08 bits per heavy atom. The predicted octanol–water partition coefficient (Wildman–Crippen LogP) is 2.45. The van der Waals surface area contributed by atoms with E-state index in [1.165, 1.54) is 11.5 Å². The van der Waals surface area contributed by atoms with Gasteiger partial charge in [0.05, 0.1) is 5.39 Å². The van der Waals surface area contributed by atoms with Crippen molar-refractivity contribution in [2.75, 3.05) is 25.0 Å². The molecule has 0 spiro atoms. The van der Waals surface area contributed by atoms with Crippen molar-refractivity contribution in [3.8, 4) is 11.5 Å². The van der Waals surface area contributed by atoms with Crippen molar-refractivity contribution in [3.05, 3.63) is 42.6 Å². The van der Waals surface area contributed by atoms with Crippen molar-refractivity contribution in [2.24, 2.45) is 0 Å². The minimum absolute atomic E-state index is 0.164. The van der Waals surface area contributed by atoms with E-state index in [1.807, 2.05) is 30.3 Å². The normalized spacial score (nSPS) is 15.6. The highest BCUT2D eigenvalue weighted by molar-refractivity contribution is 7.13. The number of rotatable bonds is 6. The molecule has 0 fully saturated rings. The van der Waals surface area contributed by atoms with Crippen LogP contribution in [0, 0.1) is 0 Å². The molecule has 134 valence electrons. The molecule has 2 aromatic heterocycles. The number of fused-ring (bicyclic) bond motifs is 2. The molecule has 0 saturated heterocycles. The molecule has 4 rings (SSSR count). The van der Waals surface area contributed by atoms with E-state index in [-0.39, 0.29) is 12.5 Å². The summed E-state index contributed by atoms with van der Waals surface area (Å²) in [6, 6.07) is 11.2. The van der Waals surface area contributed by atoms with Gasteiger partial charge in [0.2, 0.25) is 6.10 Å². The maximum Gasteiger partial charge on any atom is 0.264 e. The number of anilines is 1. The molecule has 3 aromatic rings. The second-order valence-electron chi connectivity index (χ2n) is 5.82. The van der Waals surface area contributed by atoms with Crippen LogP contribution in [-0.2, 0) is 4.79 Å². The van der Waals surface area contributed by atoms with Crippen molar-refractivity contribution >= 4 is 33.5 Å². The van der Waals surface area contributed by atoms with Gasteiger partial charge < -0.3 is 20.1 Å². The molecule has 3 heterocycles. The summed E-state index contributed by atoms with van der Waals surface area (Å²) in [6.07, 6.45) is 1.91. The van der Waals surface area contributed by atoms with Crippen LogP contribution in [0.15, 0.2) is 42.6 Å². The van der Waals surface area contributed by atoms with Gasteiger partial charge >= 0.3 is 0 Å². The highest BCUT2D eigenvalue weighted by atomic mass is 32.1. The van der Waals surface area contributed by atoms with Crippen LogP contribution in [0.1, 0.15) is 6.42 Å². The van der Waals surface area contributed by atoms with Crippen LogP contribution in [0.25, 0.3) is 10.2 Å². The number of carbonyl (C=O) groups excluding carboxylic acids is 1. The Bertz CT molecular complexity index is 914. The smallest absolute Gasteiger partial charge is 0.264 e. The summed E-state index contributed by atoms with van der Waals surface area (Å²) >= 11 is 1.37. The first-order valence-corrected chi connectivity index (χ1v) is 9.19. The van der Waals surface area contributed by atoms with E-state index in [0.717, 1.165) is 22.5 Å². The number of ether oxygens (including phenoxy) is 2. The lowest BCUT2D eigenvalue weighted by Crippen LogP contribution is -2.44. The van der Waals surface area contributed by atoms with Crippen molar-refractivity contribution in [1.29, 1.82) is 0 Å². The second kappa shape index (κ2) is 7.57. The minimum atomic E-state index is -0.619. The lowest BCUT2D eigenvalue weighted by Gasteiger charge is -2.25. The van der Waals surface area contributed by atoms with Crippen molar-refractivity contribution < 1.29 is 14.3 Å². The van der Waals surface area contributed by atoms with Crippen molar-refractivity contribution in [3.63, 3.8) is 0 Å². The largest absolute Gasteiger partial charge is 0.485 e. The Balaban J connectivity index is 1.21. The van der Waals surface area contributed by atoms with Crippen LogP contribution in [0.4, 0.5) is 5.82 Å². The third-order valence-electron chi connectivity index (χ3n) is 4.00. The standard InChI is InChI=1S/C18H18N4O3S/c23-17(15-11-24-13-6-1-2-7-14(13)25-15)20-10-4-9-19-16-12-5-3-8-21-18(12)26-22-16/h1-3,5-8,15H,4,9-11H2,(H,19,22)(H,20,23)/t15-/m1/s1. The molecule has 1 aliphatic heterocycles. The molecule has 0 unspecified atom stereocenters. The summed E-state index contributed by atoms with van der Waals surface area (Å²) in [5.74, 6) is 1.95. The Hall–Kier alpha value is -2.87. The molecule has 26 heavy (non-hydrogen) atoms. The summed E-state index contributed by atoms with van der Waals surface area (Å²) in [7, 11) is 0. The first-order valence-electron chi connectivity index (χ1n) is 8.42. The summed E-state index contributed by atoms with van der Waals surface area (Å²) in [5.41, 5.74) is 0. The van der Waals surface area contributed by atoms with Gasteiger partial charge in [0, 0.05) is 19.3 Å². The minimum Gasteiger partial charge on any atom is -0.485 e. The van der Waals surface area contributed by atoms with Gasteiger partial charge in [-0.15, -0.1) is 0 Å². The quantitative estimate of drug-likeness (QED) is 0.649. The molecule has 1 atom stereocenters. The molecule has 1 aromatic carbocycles. The average Bonchev–Trinajstić information content (AvgIpc) is 3.10. The fourth-order valence-electron chi connectivity index (χ4n) is 2.68. The lowest BCUT2D eigenvalue weighted by molar-refractivity contribution is -0.130. The zero-order valence-electron chi connectivity index (χ0n) is 14.0. The zero-order chi connectivity index (χ0) is 17.8. The highest BCUT2D eigenvalue weighted by Crippen LogP contribution is 2.30. The van der Waals surface area contributed by atoms with Gasteiger partial charge in [-0.05, 0) is 42.2 Å². The molecule has 1 amide bonds. The number of benzene rings is 1. The van der Waals surface area contributed by atoms with Gasteiger partial charge in [0.1, 0.15) is 17.3 Å². The van der Waals surface area contributed by atoms with Gasteiger partial charge in [0.15, 0.2) is 11.5 Å². The maximum atomic E-state index is 12.2. The molecule has 8 heteroatoms. The molecule has 0 bridgehead atoms. The van der Waals surface area contributed by atoms with E-state index in [4.69, 9.17) is 9.47 Å². The van der Waals surface area contributed by atoms with E-state index in [1.54, 1.807) is 12.3 Å². The van der Waals surface area contributed by atoms with E-state index < -0.39 is 6.10 Å². The molecule has 7 nitrogen and oxygen atoms in total. The fourth-order valence-corrected chi connectivity index (χ4v) is 3.39. The number of para-hydroxylation sites is 2. The first-order chi connectivity index (χ1) is 12.8. The monoisotopic (exact) mass is 370 g/mol. The predicted molar refractivity (Wildman–Crippen MR) is 99.9 cm³/mol. The third kappa shape index (κ3) is 3.55. The van der Waals surface area contributed by atoms with Crippen molar-refractivity contribution in [1.82, 2.24) is 14.7 Å². The Labute approximate surface area is 154 Å². The van der Waals surface area contributed by atoms with Crippen LogP contribution in [0.3, 0.4) is 0 Å². The topological polar surface area (TPSA) is 85.4 Å². The van der Waals surface area contributed by atoms with E-state index in [9.17, 15) is 4.79 Å². The Kier molecular flexibility index (Phi) is 4.83. The maximum absolute atomic E-state index is 12.2. The lowest BCUT2D eigenvalue weighted by atomic mass is 10.2. The van der Waals surface area contributed by atoms with E-state index in [0.29, 0.717) is 24.6 Å². The number of amides is 1. The summed E-state index contributed by atoms with van der Waals surface area (Å²) in [5, 5.41) is 7.19. The van der Waals surface area contributed by atoms with Gasteiger partial charge in [-0.1, -0.05) is 12.1 Å². The number of nitrogens with zero attached hydrogens (tertiary/aromatic N) is 2. The van der Waals surface area contributed by atoms with Crippen molar-refractivity contribution in [2.45, 2.75) is 12.5 Å². The number of aromatic nitrogens is 2. The highest BCUT2D eigenvalue weighted by Gasteiger charge is 2.26. The summed E-state index contributed by atoms with van der Waals surface area (Å²) in [6.45, 7) is 1.48. The molecule has 0 aliphatic carbocycles. The number of pyridine rings is 1. The molecule has 1 aliphatic rings. The SMILES string of the molecule is O=C(NCCCNc1nsc2ncccc12)[C@H]1COc2ccccc2O1. The van der Waals surface area contributed by atoms with Gasteiger partial charge in [0.25, 0.3) is 5.91 Å². The van der Waals surface area contributed by atoms with Crippen LogP contribution < -0.4 is 20.1 Å². The van der Waals surface area contributed by atoms with Crippen LogP contribution in [0.5, 0.6) is 11.5 Å². The summed E-state index contributed by atoms with van der Waals surface area (Å²) < 4.78 is 15.6. The molecule has 2 N–H and O–H groups in total. The van der Waals surface area contributed by atoms with E-state index in [2.05, 4.69) is 20.0 Å². The molecule has 0 saturated carbocycles. The second-order valence-corrected chi connectivity index (χ2v) is 6.57. The molecular formula is C18H18N4O3S. The number of hydrogen-bond donors (Lipinski definition) is 2. The average molecular weight is 370 g/mol. The van der Waals surface area contributed by atoms with Gasteiger partial charge in [-0.2, -0.15) is 4.37 Å². The van der Waals surface area contributed by atoms with Crippen LogP contribution in [-0.4, -0.2) is 41.1 Å². The Morgan fingerprint density at radius 1 is 1.19 bits per heavy atom. The number of hydrogen-bond acceptors (Lipinski definition) is 7. The number of nitrogens with one attached hydrogen (secondary N) is 2. The fraction of sp³-hybridized carbons (Fsp3) is 0.278. The van der Waals surface area contributed by atoms with Crippen LogP contribution in [0.2, 0.25) is 0 Å². The van der Waals surface area contributed by atoms with Gasteiger partial charge in [-0.25, -0.2) is 4.98 Å².